The van der Waals surface area contributed by atoms with Crippen molar-refractivity contribution in [2.24, 2.45) is 5.92 Å². The van der Waals surface area contributed by atoms with Crippen LogP contribution in [0.5, 0.6) is 0 Å². The van der Waals surface area contributed by atoms with Gasteiger partial charge in [-0.25, -0.2) is 8.42 Å². The van der Waals surface area contributed by atoms with Gasteiger partial charge in [-0.15, -0.1) is 0 Å². The van der Waals surface area contributed by atoms with Crippen molar-refractivity contribution >= 4 is 32.6 Å². The summed E-state index contributed by atoms with van der Waals surface area (Å²) in [6, 6.07) is 5.93. The summed E-state index contributed by atoms with van der Waals surface area (Å²) in [5.41, 5.74) is 0. The summed E-state index contributed by atoms with van der Waals surface area (Å²) in [5.74, 6) is 1.14. The van der Waals surface area contributed by atoms with Gasteiger partial charge in [0.05, 0.1) is 10.9 Å². The van der Waals surface area contributed by atoms with Crippen LogP contribution in [-0.4, -0.2) is 42.3 Å². The SMILES string of the molecule is CC(C)CCN[C@H]1C[S+]([O-])C[C@@H]1S(=O)(=O)c1ccc(Cl)cc1. The van der Waals surface area contributed by atoms with Crippen LogP contribution in [-0.2, 0) is 21.0 Å². The predicted molar refractivity (Wildman–Crippen MR) is 91.5 cm³/mol. The molecule has 2 rings (SSSR count). The standard InChI is InChI=1S/C15H22ClNO3S2/c1-11(2)7-8-17-14-9-21(18)10-15(14)22(19,20)13-5-3-12(16)4-6-13/h3-6,11,14-15,17H,7-10H2,1-2H3/t14-,15-,21?/m0/s1. The Morgan fingerprint density at radius 2 is 1.95 bits per heavy atom. The monoisotopic (exact) mass is 363 g/mol. The number of nitrogens with one attached hydrogen (secondary N) is 1. The van der Waals surface area contributed by atoms with Gasteiger partial charge >= 0.3 is 0 Å². The summed E-state index contributed by atoms with van der Waals surface area (Å²) >= 11 is 4.73. The molecule has 0 aromatic heterocycles. The van der Waals surface area contributed by atoms with Crippen molar-refractivity contribution in [2.75, 3.05) is 18.1 Å². The zero-order valence-corrected chi connectivity index (χ0v) is 15.2. The van der Waals surface area contributed by atoms with Crippen molar-refractivity contribution in [3.8, 4) is 0 Å². The number of hydrogen-bond donors (Lipinski definition) is 1. The Labute approximate surface area is 140 Å². The van der Waals surface area contributed by atoms with Crippen LogP contribution in [0, 0.1) is 5.92 Å². The van der Waals surface area contributed by atoms with E-state index in [1.165, 1.54) is 12.1 Å². The number of sulfone groups is 1. The highest BCUT2D eigenvalue weighted by atomic mass is 35.5. The quantitative estimate of drug-likeness (QED) is 0.787. The molecule has 0 amide bonds. The Morgan fingerprint density at radius 1 is 1.32 bits per heavy atom. The lowest BCUT2D eigenvalue weighted by molar-refractivity contribution is 0.483. The molecule has 1 N–H and O–H groups in total. The minimum absolute atomic E-state index is 0.199. The van der Waals surface area contributed by atoms with Crippen molar-refractivity contribution in [3.05, 3.63) is 29.3 Å². The van der Waals surface area contributed by atoms with E-state index in [2.05, 4.69) is 19.2 Å². The van der Waals surface area contributed by atoms with Crippen LogP contribution in [0.3, 0.4) is 0 Å². The van der Waals surface area contributed by atoms with Gasteiger partial charge in [0, 0.05) is 5.02 Å². The van der Waals surface area contributed by atoms with Gasteiger partial charge in [0.15, 0.2) is 9.84 Å². The summed E-state index contributed by atoms with van der Waals surface area (Å²) in [5, 5.41) is 3.15. The number of hydrogen-bond acceptors (Lipinski definition) is 4. The second-order valence-corrected chi connectivity index (χ2v) is 10.2. The topological polar surface area (TPSA) is 69.2 Å². The number of rotatable bonds is 6. The first-order chi connectivity index (χ1) is 10.3. The van der Waals surface area contributed by atoms with Crippen molar-refractivity contribution in [2.45, 2.75) is 36.5 Å². The normalized spacial score (nSPS) is 25.8. The molecule has 1 aliphatic rings. The Bertz CT molecular complexity index is 589. The summed E-state index contributed by atoms with van der Waals surface area (Å²) in [7, 11) is -3.50. The molecule has 0 radical (unpaired) electrons. The molecule has 0 spiro atoms. The third-order valence-electron chi connectivity index (χ3n) is 3.83. The molecule has 1 aromatic rings. The van der Waals surface area contributed by atoms with Crippen molar-refractivity contribution in [1.29, 1.82) is 0 Å². The summed E-state index contributed by atoms with van der Waals surface area (Å²) < 4.78 is 37.4. The lowest BCUT2D eigenvalue weighted by Gasteiger charge is -2.18. The lowest BCUT2D eigenvalue weighted by atomic mass is 10.1. The third kappa shape index (κ3) is 4.38. The highest BCUT2D eigenvalue weighted by Gasteiger charge is 2.45. The van der Waals surface area contributed by atoms with E-state index in [4.69, 9.17) is 11.6 Å². The maximum Gasteiger partial charge on any atom is 0.187 e. The maximum atomic E-state index is 12.8. The molecule has 1 unspecified atom stereocenters. The Hall–Kier alpha value is -0.270. The lowest BCUT2D eigenvalue weighted by Crippen LogP contribution is -2.43. The van der Waals surface area contributed by atoms with Gasteiger partial charge in [0.2, 0.25) is 0 Å². The molecule has 0 aliphatic carbocycles. The van der Waals surface area contributed by atoms with E-state index in [1.54, 1.807) is 12.1 Å². The second-order valence-electron chi connectivity index (χ2n) is 6.05. The van der Waals surface area contributed by atoms with E-state index in [1.807, 2.05) is 0 Å². The van der Waals surface area contributed by atoms with Gasteiger partial charge < -0.3 is 9.87 Å². The Kier molecular flexibility index (Phi) is 6.19. The average molecular weight is 364 g/mol. The van der Waals surface area contributed by atoms with Crippen molar-refractivity contribution < 1.29 is 13.0 Å². The van der Waals surface area contributed by atoms with E-state index in [9.17, 15) is 13.0 Å². The third-order valence-corrected chi connectivity index (χ3v) is 7.98. The average Bonchev–Trinajstić information content (AvgIpc) is 2.81. The van der Waals surface area contributed by atoms with Gasteiger partial charge in [0.1, 0.15) is 16.8 Å². The molecule has 1 saturated heterocycles. The van der Waals surface area contributed by atoms with Gasteiger partial charge in [0.25, 0.3) is 0 Å². The van der Waals surface area contributed by atoms with E-state index >= 15 is 0 Å². The number of halogens is 1. The summed E-state index contributed by atoms with van der Waals surface area (Å²) in [4.78, 5) is 0.247. The molecule has 0 saturated carbocycles. The van der Waals surface area contributed by atoms with Crippen LogP contribution in [0.2, 0.25) is 5.02 Å². The number of benzene rings is 1. The molecule has 3 atom stereocenters. The fourth-order valence-corrected chi connectivity index (χ4v) is 6.92. The van der Waals surface area contributed by atoms with Crippen LogP contribution in [0.25, 0.3) is 0 Å². The Morgan fingerprint density at radius 3 is 2.55 bits per heavy atom. The highest BCUT2D eigenvalue weighted by molar-refractivity contribution is 7.96. The van der Waals surface area contributed by atoms with Gasteiger partial charge in [-0.2, -0.15) is 0 Å². The van der Waals surface area contributed by atoms with Crippen LogP contribution in [0.15, 0.2) is 29.2 Å². The molecule has 1 heterocycles. The summed E-state index contributed by atoms with van der Waals surface area (Å²) in [6.07, 6.45) is 0.969. The van der Waals surface area contributed by atoms with Gasteiger partial charge in [-0.05, 0) is 43.1 Å². The molecule has 0 bridgehead atoms. The molecular weight excluding hydrogens is 342 g/mol. The maximum absolute atomic E-state index is 12.8. The highest BCUT2D eigenvalue weighted by Crippen LogP contribution is 2.26. The molecule has 124 valence electrons. The first-order valence-corrected chi connectivity index (χ1v) is 10.8. The minimum Gasteiger partial charge on any atom is -0.616 e. The van der Waals surface area contributed by atoms with Gasteiger partial charge in [-0.3, -0.25) is 0 Å². The zero-order valence-electron chi connectivity index (χ0n) is 12.8. The molecule has 22 heavy (non-hydrogen) atoms. The summed E-state index contributed by atoms with van der Waals surface area (Å²) in [6.45, 7) is 4.99. The zero-order chi connectivity index (χ0) is 16.3. The van der Waals surface area contributed by atoms with Crippen molar-refractivity contribution in [1.82, 2.24) is 5.32 Å². The smallest absolute Gasteiger partial charge is 0.187 e. The van der Waals surface area contributed by atoms with Crippen LogP contribution < -0.4 is 5.32 Å². The van der Waals surface area contributed by atoms with Crippen LogP contribution in [0.4, 0.5) is 0 Å². The van der Waals surface area contributed by atoms with E-state index in [0.717, 1.165) is 13.0 Å². The largest absolute Gasteiger partial charge is 0.616 e. The molecule has 1 aliphatic heterocycles. The minimum atomic E-state index is -3.50. The van der Waals surface area contributed by atoms with Gasteiger partial charge in [-0.1, -0.05) is 36.6 Å². The molecule has 7 heteroatoms. The van der Waals surface area contributed by atoms with Crippen LogP contribution in [0.1, 0.15) is 20.3 Å². The van der Waals surface area contributed by atoms with E-state index in [-0.39, 0.29) is 16.7 Å². The molecule has 1 aromatic carbocycles. The van der Waals surface area contributed by atoms with E-state index < -0.39 is 26.3 Å². The fourth-order valence-electron chi connectivity index (χ4n) is 2.53. The Balaban J connectivity index is 2.14. The second kappa shape index (κ2) is 7.53. The molecule has 4 nitrogen and oxygen atoms in total. The van der Waals surface area contributed by atoms with Crippen molar-refractivity contribution in [3.63, 3.8) is 0 Å². The molecule has 1 fully saturated rings. The first kappa shape index (κ1) is 18.1. The van der Waals surface area contributed by atoms with Crippen LogP contribution >= 0.6 is 11.6 Å². The predicted octanol–water partition coefficient (Wildman–Crippen LogP) is 2.25. The first-order valence-electron chi connectivity index (χ1n) is 7.38. The fraction of sp³-hybridized carbons (Fsp3) is 0.600. The molecular formula is C15H22ClNO3S2. The van der Waals surface area contributed by atoms with E-state index in [0.29, 0.717) is 16.7 Å².